The van der Waals surface area contributed by atoms with Crippen LogP contribution in [-0.4, -0.2) is 33.8 Å². The third-order valence-corrected chi connectivity index (χ3v) is 7.68. The van der Waals surface area contributed by atoms with Gasteiger partial charge in [-0.3, -0.25) is 4.79 Å². The van der Waals surface area contributed by atoms with Crippen molar-refractivity contribution in [1.82, 2.24) is 0 Å². The molecule has 2 saturated heterocycles. The molecule has 2 aliphatic carbocycles. The van der Waals surface area contributed by atoms with Gasteiger partial charge in [0.15, 0.2) is 0 Å². The molecule has 2 heterocycles. The van der Waals surface area contributed by atoms with Crippen molar-refractivity contribution >= 4 is 17.7 Å². The van der Waals surface area contributed by atoms with Crippen molar-refractivity contribution in [3.05, 3.63) is 0 Å². The highest BCUT2D eigenvalue weighted by molar-refractivity contribution is 8.07. The largest absolute Gasteiger partial charge is 0.459 e. The first-order valence-corrected chi connectivity index (χ1v) is 9.38. The van der Waals surface area contributed by atoms with Gasteiger partial charge in [0.25, 0.3) is 0 Å². The van der Waals surface area contributed by atoms with E-state index in [-0.39, 0.29) is 23.1 Å². The lowest BCUT2D eigenvalue weighted by atomic mass is 9.75. The fraction of sp³-hybridized carbons (Fsp3) is 0.941. The second-order valence-corrected chi connectivity index (χ2v) is 9.62. The minimum atomic E-state index is -0.349. The standard InChI is InChI=1S/C17H26O3S/c1-16(2,11-6-7-17(3)14(9-11)19-17)20-15(18)10-4-5-12-13(8-10)21-12/h10-14H,4-9H2,1-3H3. The molecule has 0 aromatic carbocycles. The van der Waals surface area contributed by atoms with Crippen LogP contribution in [0.5, 0.6) is 0 Å². The molecule has 0 radical (unpaired) electrons. The van der Waals surface area contributed by atoms with Crippen LogP contribution in [0.4, 0.5) is 0 Å². The first-order valence-electron chi connectivity index (χ1n) is 8.43. The third kappa shape index (κ3) is 2.63. The van der Waals surface area contributed by atoms with E-state index in [9.17, 15) is 4.79 Å². The molecule has 0 N–H and O–H groups in total. The van der Waals surface area contributed by atoms with Gasteiger partial charge in [-0.15, -0.1) is 0 Å². The average molecular weight is 310 g/mol. The van der Waals surface area contributed by atoms with Crippen LogP contribution in [0.1, 0.15) is 59.3 Å². The number of thioether (sulfide) groups is 1. The van der Waals surface area contributed by atoms with E-state index in [1.54, 1.807) is 0 Å². The fourth-order valence-corrected chi connectivity index (χ4v) is 5.54. The van der Waals surface area contributed by atoms with Crippen LogP contribution in [-0.2, 0) is 14.3 Å². The molecule has 0 amide bonds. The molecular weight excluding hydrogens is 284 g/mol. The summed E-state index contributed by atoms with van der Waals surface area (Å²) in [5.74, 6) is 0.635. The number of hydrogen-bond donors (Lipinski definition) is 0. The molecule has 2 saturated carbocycles. The number of rotatable bonds is 3. The Bertz CT molecular complexity index is 463. The highest BCUT2D eigenvalue weighted by atomic mass is 32.2. The van der Waals surface area contributed by atoms with Crippen molar-refractivity contribution in [3.8, 4) is 0 Å². The number of carbonyl (C=O) groups excluding carboxylic acids is 1. The van der Waals surface area contributed by atoms with Gasteiger partial charge in [-0.05, 0) is 59.3 Å². The summed E-state index contributed by atoms with van der Waals surface area (Å²) in [6.07, 6.45) is 6.92. The van der Waals surface area contributed by atoms with E-state index >= 15 is 0 Å². The minimum absolute atomic E-state index is 0.0519. The zero-order valence-corrected chi connectivity index (χ0v) is 14.1. The molecule has 4 rings (SSSR count). The molecule has 4 fully saturated rings. The lowest BCUT2D eigenvalue weighted by molar-refractivity contribution is -0.169. The number of carbonyl (C=O) groups is 1. The fourth-order valence-electron chi connectivity index (χ4n) is 4.32. The second-order valence-electron chi connectivity index (χ2n) is 8.14. The molecule has 3 nitrogen and oxygen atoms in total. The van der Waals surface area contributed by atoms with Crippen molar-refractivity contribution in [2.45, 2.75) is 87.1 Å². The van der Waals surface area contributed by atoms with Crippen LogP contribution in [0, 0.1) is 11.8 Å². The predicted molar refractivity (Wildman–Crippen MR) is 83.3 cm³/mol. The second kappa shape index (κ2) is 4.64. The summed E-state index contributed by atoms with van der Waals surface area (Å²) in [6.45, 7) is 6.40. The maximum Gasteiger partial charge on any atom is 0.309 e. The SMILES string of the molecule is CC(C)(OC(=O)C1CCC2SC2C1)C1CCC2(C)OC2C1. The molecule has 118 valence electrons. The number of epoxide rings is 1. The summed E-state index contributed by atoms with van der Waals surface area (Å²) < 4.78 is 11.8. The van der Waals surface area contributed by atoms with E-state index < -0.39 is 0 Å². The van der Waals surface area contributed by atoms with Crippen LogP contribution in [0.3, 0.4) is 0 Å². The monoisotopic (exact) mass is 310 g/mol. The van der Waals surface area contributed by atoms with Crippen molar-refractivity contribution in [1.29, 1.82) is 0 Å². The molecule has 0 aromatic rings. The molecule has 4 aliphatic rings. The van der Waals surface area contributed by atoms with Gasteiger partial charge in [0, 0.05) is 16.4 Å². The Labute approximate surface area is 131 Å². The van der Waals surface area contributed by atoms with Gasteiger partial charge in [-0.1, -0.05) is 0 Å². The van der Waals surface area contributed by atoms with Crippen molar-refractivity contribution < 1.29 is 14.3 Å². The number of ether oxygens (including phenoxy) is 2. The molecule has 21 heavy (non-hydrogen) atoms. The molecule has 0 aromatic heterocycles. The van der Waals surface area contributed by atoms with E-state index in [2.05, 4.69) is 20.8 Å². The average Bonchev–Trinajstić information content (AvgIpc) is 3.30. The Hall–Kier alpha value is -0.220. The summed E-state index contributed by atoms with van der Waals surface area (Å²) in [7, 11) is 0. The first-order chi connectivity index (χ1) is 9.87. The normalized spacial score (nSPS) is 48.0. The zero-order chi connectivity index (χ0) is 14.8. The molecule has 2 aliphatic heterocycles. The topological polar surface area (TPSA) is 38.8 Å². The van der Waals surface area contributed by atoms with Crippen molar-refractivity contribution in [2.75, 3.05) is 0 Å². The highest BCUT2D eigenvalue weighted by Crippen LogP contribution is 2.54. The summed E-state index contributed by atoms with van der Waals surface area (Å²) in [4.78, 5) is 12.5. The van der Waals surface area contributed by atoms with Crippen molar-refractivity contribution in [3.63, 3.8) is 0 Å². The Morgan fingerprint density at radius 3 is 2.76 bits per heavy atom. The molecule has 0 spiro atoms. The van der Waals surface area contributed by atoms with Crippen LogP contribution in [0.15, 0.2) is 0 Å². The maximum absolute atomic E-state index is 12.5. The Morgan fingerprint density at radius 2 is 2.05 bits per heavy atom. The Morgan fingerprint density at radius 1 is 1.24 bits per heavy atom. The van der Waals surface area contributed by atoms with E-state index in [1.165, 1.54) is 6.42 Å². The van der Waals surface area contributed by atoms with Gasteiger partial charge in [0.05, 0.1) is 17.6 Å². The van der Waals surface area contributed by atoms with Crippen LogP contribution in [0.2, 0.25) is 0 Å². The molecule has 6 atom stereocenters. The zero-order valence-electron chi connectivity index (χ0n) is 13.3. The van der Waals surface area contributed by atoms with Crippen LogP contribution < -0.4 is 0 Å². The summed E-state index contributed by atoms with van der Waals surface area (Å²) >= 11 is 2.05. The number of hydrogen-bond acceptors (Lipinski definition) is 4. The van der Waals surface area contributed by atoms with E-state index in [1.807, 2.05) is 11.8 Å². The maximum atomic E-state index is 12.5. The smallest absolute Gasteiger partial charge is 0.309 e. The van der Waals surface area contributed by atoms with Gasteiger partial charge in [0.1, 0.15) is 5.60 Å². The van der Waals surface area contributed by atoms with Crippen LogP contribution in [0.25, 0.3) is 0 Å². The Kier molecular flexibility index (Phi) is 3.18. The lowest BCUT2D eigenvalue weighted by Crippen LogP contribution is -2.42. The van der Waals surface area contributed by atoms with E-state index in [0.717, 1.165) is 42.6 Å². The molecule has 4 heteroatoms. The molecule has 0 bridgehead atoms. The number of esters is 1. The lowest BCUT2D eigenvalue weighted by Gasteiger charge is -2.37. The molecule has 6 unspecified atom stereocenters. The minimum Gasteiger partial charge on any atom is -0.459 e. The van der Waals surface area contributed by atoms with Gasteiger partial charge >= 0.3 is 5.97 Å². The van der Waals surface area contributed by atoms with E-state index in [4.69, 9.17) is 9.47 Å². The predicted octanol–water partition coefficient (Wildman–Crippen LogP) is 3.55. The van der Waals surface area contributed by atoms with Gasteiger partial charge < -0.3 is 9.47 Å². The summed E-state index contributed by atoms with van der Waals surface area (Å²) in [5.41, 5.74) is -0.212. The van der Waals surface area contributed by atoms with Gasteiger partial charge in [-0.2, -0.15) is 11.8 Å². The first kappa shape index (κ1) is 14.4. The van der Waals surface area contributed by atoms with Gasteiger partial charge in [0.2, 0.25) is 0 Å². The van der Waals surface area contributed by atoms with Crippen LogP contribution >= 0.6 is 11.8 Å². The summed E-state index contributed by atoms with van der Waals surface area (Å²) in [5, 5.41) is 1.60. The Balaban J connectivity index is 1.35. The third-order valence-electron chi connectivity index (χ3n) is 6.21. The van der Waals surface area contributed by atoms with Crippen molar-refractivity contribution in [2.24, 2.45) is 11.8 Å². The quantitative estimate of drug-likeness (QED) is 0.590. The molecular formula is C17H26O3S. The summed E-state index contributed by atoms with van der Waals surface area (Å²) in [6, 6.07) is 0. The van der Waals surface area contributed by atoms with Gasteiger partial charge in [-0.25, -0.2) is 0 Å². The van der Waals surface area contributed by atoms with E-state index in [0.29, 0.717) is 12.0 Å². The highest BCUT2D eigenvalue weighted by Gasteiger charge is 2.57. The number of fused-ring (bicyclic) bond motifs is 2.